The number of amides is 1. The van der Waals surface area contributed by atoms with E-state index in [9.17, 15) is 4.79 Å². The summed E-state index contributed by atoms with van der Waals surface area (Å²) in [6.45, 7) is 9.40. The molecule has 4 heteroatoms. The average molecular weight is 245 g/mol. The van der Waals surface area contributed by atoms with Crippen LogP contribution in [0.5, 0.6) is 0 Å². The quantitative estimate of drug-likeness (QED) is 0.650. The Morgan fingerprint density at radius 1 is 1.41 bits per heavy atom. The second-order valence-corrected chi connectivity index (χ2v) is 5.36. The van der Waals surface area contributed by atoms with Crippen LogP contribution < -0.4 is 5.32 Å². The molecular formula is C13H27NO3. The first-order valence-corrected chi connectivity index (χ1v) is 6.39. The van der Waals surface area contributed by atoms with Gasteiger partial charge in [-0.3, -0.25) is 4.79 Å². The molecule has 0 saturated carbocycles. The monoisotopic (exact) mass is 245 g/mol. The molecule has 0 aromatic heterocycles. The molecule has 1 amide bonds. The Hall–Kier alpha value is -0.610. The highest BCUT2D eigenvalue weighted by Gasteiger charge is 2.19. The summed E-state index contributed by atoms with van der Waals surface area (Å²) in [7, 11) is 0. The predicted molar refractivity (Wildman–Crippen MR) is 68.8 cm³/mol. The molecule has 0 aliphatic rings. The van der Waals surface area contributed by atoms with Crippen molar-refractivity contribution in [1.29, 1.82) is 0 Å². The van der Waals surface area contributed by atoms with E-state index in [-0.39, 0.29) is 18.1 Å². The first-order chi connectivity index (χ1) is 7.87. The van der Waals surface area contributed by atoms with Crippen LogP contribution >= 0.6 is 0 Å². The van der Waals surface area contributed by atoms with Gasteiger partial charge in [0.05, 0.1) is 12.2 Å². The van der Waals surface area contributed by atoms with Crippen molar-refractivity contribution in [1.82, 2.24) is 5.32 Å². The Morgan fingerprint density at radius 3 is 2.59 bits per heavy atom. The van der Waals surface area contributed by atoms with Gasteiger partial charge >= 0.3 is 0 Å². The van der Waals surface area contributed by atoms with E-state index in [0.29, 0.717) is 25.3 Å². The van der Waals surface area contributed by atoms with E-state index in [1.165, 1.54) is 0 Å². The summed E-state index contributed by atoms with van der Waals surface area (Å²) >= 11 is 0. The van der Waals surface area contributed by atoms with Gasteiger partial charge in [-0.2, -0.15) is 0 Å². The van der Waals surface area contributed by atoms with E-state index in [2.05, 4.69) is 19.2 Å². The van der Waals surface area contributed by atoms with E-state index in [1.54, 1.807) is 0 Å². The molecule has 0 aliphatic carbocycles. The van der Waals surface area contributed by atoms with Crippen LogP contribution in [0.2, 0.25) is 0 Å². The van der Waals surface area contributed by atoms with Crippen LogP contribution in [0.1, 0.15) is 47.0 Å². The van der Waals surface area contributed by atoms with Crippen LogP contribution in [0.3, 0.4) is 0 Å². The Kier molecular flexibility index (Phi) is 8.17. The molecule has 0 radical (unpaired) electrons. The molecule has 0 saturated heterocycles. The normalized spacial score (nSPS) is 11.9. The van der Waals surface area contributed by atoms with Crippen LogP contribution in [-0.4, -0.2) is 36.4 Å². The van der Waals surface area contributed by atoms with Crippen LogP contribution in [-0.2, 0) is 9.53 Å². The standard InChI is InChI=1S/C13H27NO3/c1-11(2)6-10-17-13(3,4)7-5-12(16)14-8-9-15/h11,15H,5-10H2,1-4H3,(H,14,16). The number of hydrogen-bond donors (Lipinski definition) is 2. The van der Waals surface area contributed by atoms with Crippen LogP contribution in [0, 0.1) is 5.92 Å². The highest BCUT2D eigenvalue weighted by molar-refractivity contribution is 5.75. The van der Waals surface area contributed by atoms with Gasteiger partial charge in [0.25, 0.3) is 0 Å². The highest BCUT2D eigenvalue weighted by atomic mass is 16.5. The van der Waals surface area contributed by atoms with Crippen molar-refractivity contribution in [2.75, 3.05) is 19.8 Å². The van der Waals surface area contributed by atoms with Gasteiger partial charge in [0.1, 0.15) is 0 Å². The molecule has 0 spiro atoms. The molecule has 0 bridgehead atoms. The Labute approximate surface area is 105 Å². The Bertz CT molecular complexity index is 215. The van der Waals surface area contributed by atoms with Crippen molar-refractivity contribution in [2.24, 2.45) is 5.92 Å². The minimum absolute atomic E-state index is 0.0139. The molecule has 0 unspecified atom stereocenters. The summed E-state index contributed by atoms with van der Waals surface area (Å²) < 4.78 is 5.77. The maximum Gasteiger partial charge on any atom is 0.220 e. The van der Waals surface area contributed by atoms with Gasteiger partial charge in [0.2, 0.25) is 5.91 Å². The van der Waals surface area contributed by atoms with E-state index in [1.807, 2.05) is 13.8 Å². The number of aliphatic hydroxyl groups is 1. The van der Waals surface area contributed by atoms with Gasteiger partial charge in [-0.15, -0.1) is 0 Å². The molecule has 0 heterocycles. The van der Waals surface area contributed by atoms with Crippen molar-refractivity contribution < 1.29 is 14.6 Å². The molecule has 0 atom stereocenters. The molecule has 0 aliphatic heterocycles. The third-order valence-corrected chi connectivity index (χ3v) is 2.58. The zero-order valence-electron chi connectivity index (χ0n) is 11.6. The summed E-state index contributed by atoms with van der Waals surface area (Å²) in [4.78, 5) is 11.4. The van der Waals surface area contributed by atoms with Gasteiger partial charge in [-0.25, -0.2) is 0 Å². The molecule has 0 aromatic carbocycles. The van der Waals surface area contributed by atoms with Gasteiger partial charge in [0.15, 0.2) is 0 Å². The van der Waals surface area contributed by atoms with Crippen LogP contribution in [0.25, 0.3) is 0 Å². The summed E-state index contributed by atoms with van der Waals surface area (Å²) in [5.74, 6) is 0.609. The van der Waals surface area contributed by atoms with E-state index < -0.39 is 0 Å². The number of hydrogen-bond acceptors (Lipinski definition) is 3. The van der Waals surface area contributed by atoms with Crippen molar-refractivity contribution in [2.45, 2.75) is 52.6 Å². The van der Waals surface area contributed by atoms with Crippen molar-refractivity contribution in [3.8, 4) is 0 Å². The van der Waals surface area contributed by atoms with Crippen molar-refractivity contribution in [3.63, 3.8) is 0 Å². The lowest BCUT2D eigenvalue weighted by Crippen LogP contribution is -2.31. The van der Waals surface area contributed by atoms with Gasteiger partial charge < -0.3 is 15.2 Å². The number of carbonyl (C=O) groups excluding carboxylic acids is 1. The third-order valence-electron chi connectivity index (χ3n) is 2.58. The van der Waals surface area contributed by atoms with E-state index >= 15 is 0 Å². The Balaban J connectivity index is 3.72. The molecule has 102 valence electrons. The topological polar surface area (TPSA) is 58.6 Å². The summed E-state index contributed by atoms with van der Waals surface area (Å²) in [6.07, 6.45) is 2.18. The smallest absolute Gasteiger partial charge is 0.220 e. The van der Waals surface area contributed by atoms with Crippen LogP contribution in [0.4, 0.5) is 0 Å². The van der Waals surface area contributed by atoms with E-state index in [4.69, 9.17) is 9.84 Å². The molecule has 0 rings (SSSR count). The summed E-state index contributed by atoms with van der Waals surface area (Å²) in [6, 6.07) is 0. The molecular weight excluding hydrogens is 218 g/mol. The van der Waals surface area contributed by atoms with Gasteiger partial charge in [-0.1, -0.05) is 13.8 Å². The lowest BCUT2D eigenvalue weighted by Gasteiger charge is -2.25. The number of nitrogens with one attached hydrogen (secondary N) is 1. The third kappa shape index (κ3) is 10.3. The second-order valence-electron chi connectivity index (χ2n) is 5.36. The van der Waals surface area contributed by atoms with Gasteiger partial charge in [-0.05, 0) is 32.6 Å². The average Bonchev–Trinajstić information content (AvgIpc) is 2.23. The van der Waals surface area contributed by atoms with Gasteiger partial charge in [0, 0.05) is 19.6 Å². The number of carbonyl (C=O) groups is 1. The zero-order chi connectivity index (χ0) is 13.3. The SMILES string of the molecule is CC(C)CCOC(C)(C)CCC(=O)NCCO. The molecule has 0 fully saturated rings. The molecule has 4 nitrogen and oxygen atoms in total. The van der Waals surface area contributed by atoms with Crippen molar-refractivity contribution in [3.05, 3.63) is 0 Å². The molecule has 2 N–H and O–H groups in total. The van der Waals surface area contributed by atoms with Crippen LogP contribution in [0.15, 0.2) is 0 Å². The minimum atomic E-state index is -0.258. The maximum atomic E-state index is 11.4. The number of aliphatic hydroxyl groups excluding tert-OH is 1. The number of ether oxygens (including phenoxy) is 1. The number of rotatable bonds is 9. The first-order valence-electron chi connectivity index (χ1n) is 6.39. The fraction of sp³-hybridized carbons (Fsp3) is 0.923. The highest BCUT2D eigenvalue weighted by Crippen LogP contribution is 2.17. The minimum Gasteiger partial charge on any atom is -0.395 e. The maximum absolute atomic E-state index is 11.4. The summed E-state index contributed by atoms with van der Waals surface area (Å²) in [5, 5.41) is 11.2. The largest absolute Gasteiger partial charge is 0.395 e. The lowest BCUT2D eigenvalue weighted by molar-refractivity contribution is -0.123. The lowest BCUT2D eigenvalue weighted by atomic mass is 10.0. The first kappa shape index (κ1) is 16.4. The Morgan fingerprint density at radius 2 is 2.06 bits per heavy atom. The second kappa shape index (κ2) is 8.48. The summed E-state index contributed by atoms with van der Waals surface area (Å²) in [5.41, 5.74) is -0.258. The fourth-order valence-electron chi connectivity index (χ4n) is 1.34. The zero-order valence-corrected chi connectivity index (χ0v) is 11.6. The van der Waals surface area contributed by atoms with Crippen molar-refractivity contribution >= 4 is 5.91 Å². The fourth-order valence-corrected chi connectivity index (χ4v) is 1.34. The predicted octanol–water partition coefficient (Wildman–Crippen LogP) is 1.72. The molecule has 0 aromatic rings. The molecule has 17 heavy (non-hydrogen) atoms. The van der Waals surface area contributed by atoms with E-state index in [0.717, 1.165) is 13.0 Å².